The maximum absolute atomic E-state index is 12.8. The van der Waals surface area contributed by atoms with Gasteiger partial charge in [0.1, 0.15) is 6.04 Å². The molecule has 0 radical (unpaired) electrons. The molecule has 1 atom stereocenters. The van der Waals surface area contributed by atoms with Gasteiger partial charge in [0.15, 0.2) is 0 Å². The average molecular weight is 406 g/mol. The van der Waals surface area contributed by atoms with Crippen LogP contribution in [0.5, 0.6) is 0 Å². The molecule has 1 aliphatic heterocycles. The van der Waals surface area contributed by atoms with Crippen molar-refractivity contribution < 1.29 is 9.59 Å². The summed E-state index contributed by atoms with van der Waals surface area (Å²) in [6, 6.07) is 11.0. The normalized spacial score (nSPS) is 17.1. The largest absolute Gasteiger partial charge is 0.373 e. The summed E-state index contributed by atoms with van der Waals surface area (Å²) in [4.78, 5) is 25.5. The third-order valence-electron chi connectivity index (χ3n) is 4.98. The molecule has 0 fully saturated rings. The van der Waals surface area contributed by atoms with Crippen LogP contribution in [0.3, 0.4) is 0 Å². The molecule has 158 valence electrons. The lowest BCUT2D eigenvalue weighted by Gasteiger charge is -2.18. The molecule has 3 N–H and O–H groups in total. The molecule has 1 aliphatic rings. The molecule has 5 nitrogen and oxygen atoms in total. The monoisotopic (exact) mass is 405 g/mol. The summed E-state index contributed by atoms with van der Waals surface area (Å²) >= 11 is 0. The van der Waals surface area contributed by atoms with Crippen molar-refractivity contribution in [2.45, 2.75) is 47.1 Å². The molecule has 0 aliphatic carbocycles. The highest BCUT2D eigenvalue weighted by atomic mass is 16.2. The van der Waals surface area contributed by atoms with Crippen molar-refractivity contribution in [3.8, 4) is 0 Å². The summed E-state index contributed by atoms with van der Waals surface area (Å²) in [5, 5.41) is 11.2. The number of hydrogen-bond donors (Lipinski definition) is 3. The van der Waals surface area contributed by atoms with Gasteiger partial charge in [0, 0.05) is 16.8 Å². The van der Waals surface area contributed by atoms with E-state index in [1.165, 1.54) is 0 Å². The fourth-order valence-electron chi connectivity index (χ4n) is 3.40. The number of benzene rings is 2. The van der Waals surface area contributed by atoms with Gasteiger partial charge in [-0.2, -0.15) is 0 Å². The molecule has 1 heterocycles. The maximum atomic E-state index is 12.8. The van der Waals surface area contributed by atoms with E-state index >= 15 is 0 Å². The first-order valence-corrected chi connectivity index (χ1v) is 10.4. The average Bonchev–Trinajstić information content (AvgIpc) is 2.78. The molecular formula is C25H31N3O2. The van der Waals surface area contributed by atoms with E-state index in [0.717, 1.165) is 27.8 Å². The van der Waals surface area contributed by atoms with E-state index in [9.17, 15) is 9.59 Å². The number of anilines is 2. The number of hydrogen-bond acceptors (Lipinski definition) is 3. The lowest BCUT2D eigenvalue weighted by Crippen LogP contribution is -2.38. The van der Waals surface area contributed by atoms with E-state index in [-0.39, 0.29) is 29.6 Å². The van der Waals surface area contributed by atoms with Gasteiger partial charge in [-0.05, 0) is 34.9 Å². The molecule has 0 spiro atoms. The zero-order valence-corrected chi connectivity index (χ0v) is 18.4. The second-order valence-electron chi connectivity index (χ2n) is 9.15. The summed E-state index contributed by atoms with van der Waals surface area (Å²) in [6.45, 7) is 10.4. The summed E-state index contributed by atoms with van der Waals surface area (Å²) < 4.78 is 0. The Kier molecular flexibility index (Phi) is 6.30. The third kappa shape index (κ3) is 5.29. The Balaban J connectivity index is 1.75. The predicted molar refractivity (Wildman–Crippen MR) is 124 cm³/mol. The van der Waals surface area contributed by atoms with E-state index in [1.807, 2.05) is 62.4 Å². The zero-order chi connectivity index (χ0) is 21.9. The fraction of sp³-hybridized carbons (Fsp3) is 0.360. The van der Waals surface area contributed by atoms with Crippen molar-refractivity contribution in [2.24, 2.45) is 11.3 Å². The van der Waals surface area contributed by atoms with Crippen LogP contribution in [0, 0.1) is 11.3 Å². The van der Waals surface area contributed by atoms with Crippen molar-refractivity contribution in [2.75, 3.05) is 10.6 Å². The van der Waals surface area contributed by atoms with Crippen LogP contribution in [0.25, 0.3) is 10.8 Å². The van der Waals surface area contributed by atoms with Gasteiger partial charge in [0.25, 0.3) is 0 Å². The van der Waals surface area contributed by atoms with E-state index < -0.39 is 6.04 Å². The van der Waals surface area contributed by atoms with E-state index in [4.69, 9.17) is 0 Å². The van der Waals surface area contributed by atoms with Crippen LogP contribution in [0.1, 0.15) is 41.0 Å². The Morgan fingerprint density at radius 3 is 2.43 bits per heavy atom. The van der Waals surface area contributed by atoms with E-state index in [0.29, 0.717) is 0 Å². The number of allylic oxidation sites excluding steroid dienone is 4. The minimum absolute atomic E-state index is 0.0449. The second kappa shape index (κ2) is 8.74. The Morgan fingerprint density at radius 1 is 1.13 bits per heavy atom. The molecule has 30 heavy (non-hydrogen) atoms. The van der Waals surface area contributed by atoms with Gasteiger partial charge in [0.2, 0.25) is 11.8 Å². The number of carbonyl (C=O) groups excluding carboxylic acids is 2. The lowest BCUT2D eigenvalue weighted by atomic mass is 9.96. The van der Waals surface area contributed by atoms with Crippen molar-refractivity contribution >= 4 is 34.0 Å². The standard InChI is InChI=1S/C25H31N3O2/c1-16(2)18(13-8-14-25(3,4)5)27-22(29)15-21-24(30)28-20-12-7-10-17-9-6-11-19(26-21)23(17)20/h6-14,16,21,26H,15H2,1-5H3,(H,27,29)(H,28,30)/b14-8-,18-13+. The quantitative estimate of drug-likeness (QED) is 0.597. The predicted octanol–water partition coefficient (Wildman–Crippen LogP) is 5.22. The molecule has 0 saturated carbocycles. The van der Waals surface area contributed by atoms with Gasteiger partial charge < -0.3 is 16.0 Å². The van der Waals surface area contributed by atoms with Crippen molar-refractivity contribution in [1.82, 2.24) is 5.32 Å². The first-order valence-electron chi connectivity index (χ1n) is 10.4. The summed E-state index contributed by atoms with van der Waals surface area (Å²) in [5.41, 5.74) is 2.52. The van der Waals surface area contributed by atoms with Crippen LogP contribution in [0.2, 0.25) is 0 Å². The van der Waals surface area contributed by atoms with Gasteiger partial charge in [0.05, 0.1) is 12.1 Å². The van der Waals surface area contributed by atoms with E-state index in [1.54, 1.807) is 0 Å². The highest BCUT2D eigenvalue weighted by molar-refractivity contribution is 6.13. The summed E-state index contributed by atoms with van der Waals surface area (Å²) in [5.74, 6) is -0.242. The van der Waals surface area contributed by atoms with Crippen LogP contribution in [0.4, 0.5) is 11.4 Å². The molecule has 2 aromatic carbocycles. The molecule has 2 amide bonds. The van der Waals surface area contributed by atoms with Gasteiger partial charge in [-0.1, -0.05) is 71.0 Å². The summed E-state index contributed by atoms with van der Waals surface area (Å²) in [6.07, 6.45) is 6.05. The molecule has 5 heteroatoms. The number of nitrogens with one attached hydrogen (secondary N) is 3. The van der Waals surface area contributed by atoms with Crippen LogP contribution in [-0.2, 0) is 9.59 Å². The second-order valence-corrected chi connectivity index (χ2v) is 9.15. The molecule has 0 aromatic heterocycles. The lowest BCUT2D eigenvalue weighted by molar-refractivity contribution is -0.124. The van der Waals surface area contributed by atoms with Crippen molar-refractivity contribution in [3.63, 3.8) is 0 Å². The smallest absolute Gasteiger partial charge is 0.247 e. The first-order chi connectivity index (χ1) is 14.1. The van der Waals surface area contributed by atoms with Crippen molar-refractivity contribution in [3.05, 3.63) is 60.3 Å². The number of amides is 2. The minimum atomic E-state index is -0.651. The van der Waals surface area contributed by atoms with Gasteiger partial charge >= 0.3 is 0 Å². The highest BCUT2D eigenvalue weighted by Gasteiger charge is 2.27. The zero-order valence-electron chi connectivity index (χ0n) is 18.4. The minimum Gasteiger partial charge on any atom is -0.373 e. The molecule has 2 aromatic rings. The Hall–Kier alpha value is -3.08. The van der Waals surface area contributed by atoms with Gasteiger partial charge in [-0.3, -0.25) is 9.59 Å². The molecule has 0 bridgehead atoms. The van der Waals surface area contributed by atoms with Crippen molar-refractivity contribution in [1.29, 1.82) is 0 Å². The highest BCUT2D eigenvalue weighted by Crippen LogP contribution is 2.33. The molecular weight excluding hydrogens is 374 g/mol. The topological polar surface area (TPSA) is 70.2 Å². The maximum Gasteiger partial charge on any atom is 0.247 e. The summed E-state index contributed by atoms with van der Waals surface area (Å²) in [7, 11) is 0. The first kappa shape index (κ1) is 21.6. The van der Waals surface area contributed by atoms with Crippen LogP contribution in [-0.4, -0.2) is 17.9 Å². The van der Waals surface area contributed by atoms with Crippen LogP contribution >= 0.6 is 0 Å². The van der Waals surface area contributed by atoms with Gasteiger partial charge in [-0.15, -0.1) is 0 Å². The third-order valence-corrected chi connectivity index (χ3v) is 4.98. The Bertz CT molecular complexity index is 1010. The Morgan fingerprint density at radius 2 is 1.80 bits per heavy atom. The SMILES string of the molecule is CC(C)/C(=C\C=C/C(C)(C)C)NC(=O)CC1Nc2cccc3cccc(c23)NC1=O. The Labute approximate surface area is 178 Å². The number of rotatable bonds is 5. The van der Waals surface area contributed by atoms with Gasteiger partial charge in [-0.25, -0.2) is 0 Å². The number of carbonyl (C=O) groups is 2. The fourth-order valence-corrected chi connectivity index (χ4v) is 3.40. The van der Waals surface area contributed by atoms with Crippen LogP contribution in [0.15, 0.2) is 60.3 Å². The molecule has 1 unspecified atom stereocenters. The molecule has 0 saturated heterocycles. The molecule has 3 rings (SSSR count). The van der Waals surface area contributed by atoms with E-state index in [2.05, 4.69) is 42.8 Å². The van der Waals surface area contributed by atoms with Crippen LogP contribution < -0.4 is 16.0 Å².